The summed E-state index contributed by atoms with van der Waals surface area (Å²) in [5.41, 5.74) is 2.63. The lowest BCUT2D eigenvalue weighted by molar-refractivity contribution is 0.589. The summed E-state index contributed by atoms with van der Waals surface area (Å²) in [6.07, 6.45) is 0. The van der Waals surface area contributed by atoms with Crippen molar-refractivity contribution in [3.63, 3.8) is 0 Å². The van der Waals surface area contributed by atoms with Crippen molar-refractivity contribution in [2.45, 2.75) is 30.5 Å². The van der Waals surface area contributed by atoms with Crippen LogP contribution in [0.1, 0.15) is 31.0 Å². The van der Waals surface area contributed by atoms with E-state index in [9.17, 15) is 0 Å². The topological polar surface area (TPSA) is 12.0 Å². The van der Waals surface area contributed by atoms with Gasteiger partial charge in [-0.1, -0.05) is 52.7 Å². The molecule has 1 atom stereocenters. The largest absolute Gasteiger partial charge is 0.310 e. The molecule has 2 rings (SSSR count). The van der Waals surface area contributed by atoms with Gasteiger partial charge in [0.05, 0.1) is 0 Å². The molecule has 0 fully saturated rings. The first-order valence-corrected chi connectivity index (χ1v) is 9.16. The first-order valence-electron chi connectivity index (χ1n) is 7.00. The molecule has 0 aromatic heterocycles. The minimum atomic E-state index is 0.357. The fourth-order valence-corrected chi connectivity index (χ4v) is 3.92. The minimum Gasteiger partial charge on any atom is -0.310 e. The van der Waals surface area contributed by atoms with Gasteiger partial charge in [-0.25, -0.2) is 0 Å². The van der Waals surface area contributed by atoms with E-state index in [2.05, 4.69) is 65.4 Å². The molecule has 0 amide bonds. The zero-order valence-corrected chi connectivity index (χ0v) is 15.4. The third-order valence-electron chi connectivity index (χ3n) is 3.26. The molecule has 1 N–H and O–H groups in total. The Labute approximate surface area is 144 Å². The highest BCUT2D eigenvalue weighted by molar-refractivity contribution is 9.10. The van der Waals surface area contributed by atoms with Crippen LogP contribution in [0.5, 0.6) is 0 Å². The van der Waals surface area contributed by atoms with E-state index in [0.29, 0.717) is 6.04 Å². The van der Waals surface area contributed by atoms with E-state index in [0.717, 1.165) is 21.8 Å². The van der Waals surface area contributed by atoms with Crippen molar-refractivity contribution >= 4 is 39.3 Å². The van der Waals surface area contributed by atoms with Crippen LogP contribution in [-0.2, 0) is 5.75 Å². The molecule has 0 saturated carbocycles. The maximum Gasteiger partial charge on any atom is 0.0406 e. The summed E-state index contributed by atoms with van der Waals surface area (Å²) in [5.74, 6) is 0.944. The summed E-state index contributed by atoms with van der Waals surface area (Å²) in [6, 6.07) is 14.9. The van der Waals surface area contributed by atoms with Gasteiger partial charge in [0.2, 0.25) is 0 Å². The minimum absolute atomic E-state index is 0.357. The first kappa shape index (κ1) is 16.9. The van der Waals surface area contributed by atoms with Crippen LogP contribution >= 0.6 is 39.3 Å². The maximum atomic E-state index is 5.93. The van der Waals surface area contributed by atoms with Crippen molar-refractivity contribution in [3.05, 3.63) is 63.1 Å². The Morgan fingerprint density at radius 1 is 1.19 bits per heavy atom. The molecule has 2 aromatic rings. The number of thioether (sulfide) groups is 1. The SMILES string of the molecule is CCNC(C)c1ccc(Br)cc1SCc1ccc(Cl)cc1. The van der Waals surface area contributed by atoms with E-state index in [-0.39, 0.29) is 0 Å². The molecule has 0 saturated heterocycles. The molecule has 0 heterocycles. The zero-order valence-electron chi connectivity index (χ0n) is 12.2. The van der Waals surface area contributed by atoms with Gasteiger partial charge in [-0.15, -0.1) is 11.8 Å². The number of hydrogen-bond donors (Lipinski definition) is 1. The van der Waals surface area contributed by atoms with Crippen LogP contribution in [0.15, 0.2) is 51.8 Å². The quantitative estimate of drug-likeness (QED) is 0.607. The van der Waals surface area contributed by atoms with E-state index in [1.165, 1.54) is 16.0 Å². The fourth-order valence-electron chi connectivity index (χ4n) is 2.15. The second-order valence-electron chi connectivity index (χ2n) is 4.88. The van der Waals surface area contributed by atoms with Crippen LogP contribution in [0.2, 0.25) is 5.02 Å². The van der Waals surface area contributed by atoms with Crippen LogP contribution in [0, 0.1) is 0 Å². The molecule has 112 valence electrons. The lowest BCUT2D eigenvalue weighted by atomic mass is 10.1. The second kappa shape index (κ2) is 8.23. The summed E-state index contributed by atoms with van der Waals surface area (Å²) in [7, 11) is 0. The monoisotopic (exact) mass is 383 g/mol. The van der Waals surface area contributed by atoms with Gasteiger partial charge >= 0.3 is 0 Å². The van der Waals surface area contributed by atoms with Gasteiger partial charge in [-0.2, -0.15) is 0 Å². The predicted octanol–water partition coefficient (Wildman–Crippen LogP) is 6.07. The average molecular weight is 385 g/mol. The highest BCUT2D eigenvalue weighted by Crippen LogP contribution is 2.32. The van der Waals surface area contributed by atoms with E-state index < -0.39 is 0 Å². The molecule has 0 spiro atoms. The molecule has 2 aromatic carbocycles. The van der Waals surface area contributed by atoms with Gasteiger partial charge < -0.3 is 5.32 Å². The molecule has 0 bridgehead atoms. The van der Waals surface area contributed by atoms with Crippen molar-refractivity contribution in [2.24, 2.45) is 0 Å². The summed E-state index contributed by atoms with van der Waals surface area (Å²) < 4.78 is 1.12. The Morgan fingerprint density at radius 3 is 2.57 bits per heavy atom. The molecular weight excluding hydrogens is 366 g/mol. The summed E-state index contributed by atoms with van der Waals surface area (Å²) >= 11 is 11.4. The van der Waals surface area contributed by atoms with Crippen molar-refractivity contribution < 1.29 is 0 Å². The van der Waals surface area contributed by atoms with Gasteiger partial charge in [-0.3, -0.25) is 0 Å². The number of benzene rings is 2. The van der Waals surface area contributed by atoms with Crippen LogP contribution in [0.25, 0.3) is 0 Å². The lowest BCUT2D eigenvalue weighted by Gasteiger charge is -2.17. The number of halogens is 2. The van der Waals surface area contributed by atoms with E-state index in [1.54, 1.807) is 0 Å². The molecule has 0 aliphatic heterocycles. The highest BCUT2D eigenvalue weighted by atomic mass is 79.9. The van der Waals surface area contributed by atoms with Crippen molar-refractivity contribution in [1.82, 2.24) is 5.32 Å². The standard InChI is InChI=1S/C17H19BrClNS/c1-3-20-12(2)16-9-6-14(18)10-17(16)21-11-13-4-7-15(19)8-5-13/h4-10,12,20H,3,11H2,1-2H3. The van der Waals surface area contributed by atoms with Crippen LogP contribution in [-0.4, -0.2) is 6.54 Å². The first-order chi connectivity index (χ1) is 10.1. The van der Waals surface area contributed by atoms with Crippen LogP contribution in [0.3, 0.4) is 0 Å². The molecule has 0 aliphatic carbocycles. The molecule has 0 radical (unpaired) electrons. The van der Waals surface area contributed by atoms with E-state index in [1.807, 2.05) is 23.9 Å². The van der Waals surface area contributed by atoms with Gasteiger partial charge in [0.1, 0.15) is 0 Å². The highest BCUT2D eigenvalue weighted by Gasteiger charge is 2.11. The zero-order chi connectivity index (χ0) is 15.2. The Balaban J connectivity index is 2.14. The normalized spacial score (nSPS) is 12.4. The lowest BCUT2D eigenvalue weighted by Crippen LogP contribution is -2.18. The number of hydrogen-bond acceptors (Lipinski definition) is 2. The van der Waals surface area contributed by atoms with E-state index >= 15 is 0 Å². The number of rotatable bonds is 6. The summed E-state index contributed by atoms with van der Waals surface area (Å²) in [6.45, 7) is 5.31. The van der Waals surface area contributed by atoms with E-state index in [4.69, 9.17) is 11.6 Å². The Morgan fingerprint density at radius 2 is 1.90 bits per heavy atom. The van der Waals surface area contributed by atoms with Crippen LogP contribution in [0.4, 0.5) is 0 Å². The van der Waals surface area contributed by atoms with Crippen LogP contribution < -0.4 is 5.32 Å². The van der Waals surface area contributed by atoms with Gasteiger partial charge in [0, 0.05) is 26.2 Å². The average Bonchev–Trinajstić information content (AvgIpc) is 2.47. The smallest absolute Gasteiger partial charge is 0.0406 e. The molecule has 1 unspecified atom stereocenters. The van der Waals surface area contributed by atoms with Gasteiger partial charge in [-0.05, 0) is 48.9 Å². The molecule has 21 heavy (non-hydrogen) atoms. The molecular formula is C17H19BrClNS. The van der Waals surface area contributed by atoms with Gasteiger partial charge in [0.15, 0.2) is 0 Å². The Hall–Kier alpha value is -0.480. The summed E-state index contributed by atoms with van der Waals surface area (Å²) in [5, 5.41) is 4.27. The molecule has 0 aliphatic rings. The third kappa shape index (κ3) is 5.03. The Kier molecular flexibility index (Phi) is 6.62. The predicted molar refractivity (Wildman–Crippen MR) is 97.2 cm³/mol. The molecule has 1 nitrogen and oxygen atoms in total. The number of nitrogens with one attached hydrogen (secondary N) is 1. The maximum absolute atomic E-state index is 5.93. The van der Waals surface area contributed by atoms with Crippen molar-refractivity contribution in [3.8, 4) is 0 Å². The second-order valence-corrected chi connectivity index (χ2v) is 7.25. The Bertz CT molecular complexity index is 586. The third-order valence-corrected chi connectivity index (χ3v) is 5.15. The fraction of sp³-hybridized carbons (Fsp3) is 0.294. The molecule has 4 heteroatoms. The van der Waals surface area contributed by atoms with Crippen molar-refractivity contribution in [1.29, 1.82) is 0 Å². The van der Waals surface area contributed by atoms with Crippen molar-refractivity contribution in [2.75, 3.05) is 6.54 Å². The summed E-state index contributed by atoms with van der Waals surface area (Å²) in [4.78, 5) is 1.31. The van der Waals surface area contributed by atoms with Gasteiger partial charge in [0.25, 0.3) is 0 Å².